The molecule has 3 heterocycles. The van der Waals surface area contributed by atoms with Crippen molar-refractivity contribution in [3.63, 3.8) is 0 Å². The lowest BCUT2D eigenvalue weighted by atomic mass is 10.1. The van der Waals surface area contributed by atoms with E-state index in [1.165, 1.54) is 0 Å². The van der Waals surface area contributed by atoms with Gasteiger partial charge in [-0.3, -0.25) is 4.79 Å². The van der Waals surface area contributed by atoms with Crippen molar-refractivity contribution in [3.8, 4) is 5.69 Å². The predicted molar refractivity (Wildman–Crippen MR) is 145 cm³/mol. The summed E-state index contributed by atoms with van der Waals surface area (Å²) < 4.78 is 1.88. The Morgan fingerprint density at radius 2 is 1.78 bits per heavy atom. The summed E-state index contributed by atoms with van der Waals surface area (Å²) >= 11 is 12.3. The molecule has 5 rings (SSSR count). The molecule has 0 spiro atoms. The fraction of sp³-hybridized carbons (Fsp3) is 0.333. The van der Waals surface area contributed by atoms with Gasteiger partial charge in [-0.05, 0) is 36.8 Å². The molecular weight excluding hydrogens is 495 g/mol. The minimum Gasteiger partial charge on any atom is -0.352 e. The number of para-hydroxylation sites is 1. The molecule has 36 heavy (non-hydrogen) atoms. The first-order valence-electron chi connectivity index (χ1n) is 12.3. The molecule has 1 saturated heterocycles. The summed E-state index contributed by atoms with van der Waals surface area (Å²) in [6.45, 7) is 6.78. The van der Waals surface area contributed by atoms with E-state index in [0.717, 1.165) is 41.2 Å². The van der Waals surface area contributed by atoms with E-state index >= 15 is 0 Å². The lowest BCUT2D eigenvalue weighted by molar-refractivity contribution is 0.0747. The third-order valence-electron chi connectivity index (χ3n) is 6.62. The molecule has 0 unspecified atom stereocenters. The molecule has 1 amide bonds. The summed E-state index contributed by atoms with van der Waals surface area (Å²) in [6, 6.07) is 15.0. The molecule has 2 aromatic carbocycles. The van der Waals surface area contributed by atoms with Crippen molar-refractivity contribution < 1.29 is 4.79 Å². The van der Waals surface area contributed by atoms with Gasteiger partial charge >= 0.3 is 0 Å². The van der Waals surface area contributed by atoms with Gasteiger partial charge in [-0.1, -0.05) is 61.7 Å². The summed E-state index contributed by atoms with van der Waals surface area (Å²) in [5.74, 6) is 1.84. The molecule has 2 aromatic heterocycles. The number of piperazine rings is 1. The van der Waals surface area contributed by atoms with Crippen molar-refractivity contribution in [1.82, 2.24) is 24.6 Å². The SMILES string of the molecule is CCC[C@@H](C)c1nc(N2CCN(C(=O)c3ccc(Cl)cc3Cl)CC2)c2cnn(-c3ccccc3)c2n1. The number of rotatable bonds is 6. The highest BCUT2D eigenvalue weighted by Crippen LogP contribution is 2.30. The zero-order valence-electron chi connectivity index (χ0n) is 20.4. The van der Waals surface area contributed by atoms with Crippen molar-refractivity contribution in [2.45, 2.75) is 32.6 Å². The van der Waals surface area contributed by atoms with Crippen LogP contribution in [0.25, 0.3) is 16.7 Å². The normalized spacial score (nSPS) is 14.9. The fourth-order valence-corrected chi connectivity index (χ4v) is 5.14. The summed E-state index contributed by atoms with van der Waals surface area (Å²) in [5.41, 5.74) is 2.23. The van der Waals surface area contributed by atoms with Gasteiger partial charge in [-0.15, -0.1) is 0 Å². The van der Waals surface area contributed by atoms with Gasteiger partial charge < -0.3 is 9.80 Å². The van der Waals surface area contributed by atoms with Crippen LogP contribution < -0.4 is 4.90 Å². The number of halogens is 2. The van der Waals surface area contributed by atoms with E-state index < -0.39 is 0 Å². The van der Waals surface area contributed by atoms with Gasteiger partial charge in [-0.2, -0.15) is 5.10 Å². The number of carbonyl (C=O) groups excluding carboxylic acids is 1. The van der Waals surface area contributed by atoms with Crippen LogP contribution in [0.15, 0.2) is 54.7 Å². The van der Waals surface area contributed by atoms with Crippen molar-refractivity contribution in [3.05, 3.63) is 76.2 Å². The molecule has 7 nitrogen and oxygen atoms in total. The maximum atomic E-state index is 13.1. The zero-order chi connectivity index (χ0) is 25.2. The van der Waals surface area contributed by atoms with E-state index in [0.29, 0.717) is 41.8 Å². The molecule has 1 aliphatic heterocycles. The van der Waals surface area contributed by atoms with Crippen LogP contribution in [-0.2, 0) is 0 Å². The second kappa shape index (κ2) is 10.4. The lowest BCUT2D eigenvalue weighted by Crippen LogP contribution is -2.49. The van der Waals surface area contributed by atoms with Gasteiger partial charge in [0.15, 0.2) is 5.65 Å². The number of nitrogens with zero attached hydrogens (tertiary/aromatic N) is 6. The number of carbonyl (C=O) groups is 1. The summed E-state index contributed by atoms with van der Waals surface area (Å²) in [7, 11) is 0. The Balaban J connectivity index is 1.45. The average Bonchev–Trinajstić information content (AvgIpc) is 3.33. The third kappa shape index (κ3) is 4.77. The van der Waals surface area contributed by atoms with Crippen molar-refractivity contribution >= 4 is 46.0 Å². The predicted octanol–water partition coefficient (Wildman–Crippen LogP) is 5.99. The van der Waals surface area contributed by atoms with E-state index in [-0.39, 0.29) is 11.8 Å². The van der Waals surface area contributed by atoms with Gasteiger partial charge in [0.2, 0.25) is 0 Å². The number of hydrogen-bond donors (Lipinski definition) is 0. The highest BCUT2D eigenvalue weighted by atomic mass is 35.5. The lowest BCUT2D eigenvalue weighted by Gasteiger charge is -2.36. The average molecular weight is 523 g/mol. The quantitative estimate of drug-likeness (QED) is 0.311. The van der Waals surface area contributed by atoms with Crippen LogP contribution in [0.1, 0.15) is 48.8 Å². The number of fused-ring (bicyclic) bond motifs is 1. The van der Waals surface area contributed by atoms with Crippen LogP contribution in [-0.4, -0.2) is 56.7 Å². The molecule has 4 aromatic rings. The number of anilines is 1. The second-order valence-electron chi connectivity index (χ2n) is 9.13. The molecular formula is C27H28Cl2N6O. The molecule has 0 bridgehead atoms. The molecule has 1 aliphatic rings. The van der Waals surface area contributed by atoms with Gasteiger partial charge in [0.25, 0.3) is 5.91 Å². The minimum atomic E-state index is -0.0849. The Hall–Kier alpha value is -3.16. The highest BCUT2D eigenvalue weighted by Gasteiger charge is 2.27. The number of hydrogen-bond acceptors (Lipinski definition) is 5. The maximum Gasteiger partial charge on any atom is 0.255 e. The number of benzene rings is 2. The Morgan fingerprint density at radius 3 is 2.47 bits per heavy atom. The van der Waals surface area contributed by atoms with Gasteiger partial charge in [0.1, 0.15) is 11.6 Å². The molecule has 0 radical (unpaired) electrons. The number of amides is 1. The van der Waals surface area contributed by atoms with Crippen molar-refractivity contribution in [2.75, 3.05) is 31.1 Å². The third-order valence-corrected chi connectivity index (χ3v) is 7.16. The zero-order valence-corrected chi connectivity index (χ0v) is 21.9. The standard InChI is InChI=1S/C27H28Cl2N6O/c1-3-7-18(2)24-31-25(22-17-30-35(26(22)32-24)20-8-5-4-6-9-20)33-12-14-34(15-13-33)27(36)21-11-10-19(28)16-23(21)29/h4-6,8-11,16-18H,3,7,12-15H2,1-2H3/t18-/m1/s1. The molecule has 9 heteroatoms. The molecule has 1 fully saturated rings. The highest BCUT2D eigenvalue weighted by molar-refractivity contribution is 6.36. The van der Waals surface area contributed by atoms with Crippen LogP contribution >= 0.6 is 23.2 Å². The topological polar surface area (TPSA) is 67.2 Å². The minimum absolute atomic E-state index is 0.0849. The number of aromatic nitrogens is 4. The first-order valence-corrected chi connectivity index (χ1v) is 13.0. The van der Waals surface area contributed by atoms with Crippen LogP contribution in [0.3, 0.4) is 0 Å². The molecule has 1 atom stereocenters. The Morgan fingerprint density at radius 1 is 1.03 bits per heavy atom. The van der Waals surface area contributed by atoms with E-state index in [9.17, 15) is 4.79 Å². The van der Waals surface area contributed by atoms with Crippen molar-refractivity contribution in [1.29, 1.82) is 0 Å². The van der Waals surface area contributed by atoms with Crippen LogP contribution in [0.5, 0.6) is 0 Å². The summed E-state index contributed by atoms with van der Waals surface area (Å²) in [4.78, 5) is 27.1. The molecule has 0 N–H and O–H groups in total. The molecule has 0 saturated carbocycles. The Bertz CT molecular complexity index is 1380. The van der Waals surface area contributed by atoms with E-state index in [1.807, 2.05) is 46.1 Å². The van der Waals surface area contributed by atoms with E-state index in [1.54, 1.807) is 18.2 Å². The van der Waals surface area contributed by atoms with Crippen LogP contribution in [0.4, 0.5) is 5.82 Å². The van der Waals surface area contributed by atoms with Gasteiger partial charge in [0.05, 0.1) is 27.9 Å². The monoisotopic (exact) mass is 522 g/mol. The largest absolute Gasteiger partial charge is 0.352 e. The first kappa shape index (κ1) is 24.5. The summed E-state index contributed by atoms with van der Waals surface area (Å²) in [6.07, 6.45) is 3.91. The summed E-state index contributed by atoms with van der Waals surface area (Å²) in [5, 5.41) is 6.46. The first-order chi connectivity index (χ1) is 17.5. The van der Waals surface area contributed by atoms with Gasteiger partial charge in [0, 0.05) is 37.1 Å². The Kier molecular flexibility index (Phi) is 7.12. The van der Waals surface area contributed by atoms with E-state index in [4.69, 9.17) is 33.2 Å². The smallest absolute Gasteiger partial charge is 0.255 e. The Labute approximate surface area is 220 Å². The molecule has 186 valence electrons. The maximum absolute atomic E-state index is 13.1. The van der Waals surface area contributed by atoms with Crippen molar-refractivity contribution in [2.24, 2.45) is 0 Å². The van der Waals surface area contributed by atoms with Crippen LogP contribution in [0.2, 0.25) is 10.0 Å². The van der Waals surface area contributed by atoms with E-state index in [2.05, 4.69) is 23.8 Å². The van der Waals surface area contributed by atoms with Gasteiger partial charge in [-0.25, -0.2) is 14.6 Å². The van der Waals surface area contributed by atoms with Crippen LogP contribution in [0, 0.1) is 0 Å². The molecule has 0 aliphatic carbocycles. The second-order valence-corrected chi connectivity index (χ2v) is 9.97. The fourth-order valence-electron chi connectivity index (χ4n) is 4.65.